The number of carbonyl (C=O) groups excluding carboxylic acids is 1. The Kier molecular flexibility index (Phi) is 7.95. The molecule has 2 saturated heterocycles. The van der Waals surface area contributed by atoms with Crippen molar-refractivity contribution in [1.82, 2.24) is 29.5 Å². The van der Waals surface area contributed by atoms with Gasteiger partial charge < -0.3 is 9.64 Å². The number of nitriles is 2. The monoisotopic (exact) mass is 653 g/mol. The van der Waals surface area contributed by atoms with Crippen LogP contribution in [0.15, 0.2) is 36.7 Å². The van der Waals surface area contributed by atoms with Gasteiger partial charge in [-0.05, 0) is 58.0 Å². The van der Waals surface area contributed by atoms with Gasteiger partial charge in [0.15, 0.2) is 12.0 Å². The van der Waals surface area contributed by atoms with Crippen LogP contribution in [-0.2, 0) is 4.79 Å². The molecule has 0 aliphatic carbocycles. The summed E-state index contributed by atoms with van der Waals surface area (Å²) in [5, 5.41) is 26.0. The summed E-state index contributed by atoms with van der Waals surface area (Å²) in [6, 6.07) is 5.99. The zero-order chi connectivity index (χ0) is 33.0. The zero-order valence-electron chi connectivity index (χ0n) is 26.3. The molecule has 1 aromatic carbocycles. The van der Waals surface area contributed by atoms with Crippen molar-refractivity contribution in [3.05, 3.63) is 58.6 Å². The van der Waals surface area contributed by atoms with Gasteiger partial charge in [0, 0.05) is 53.7 Å². The maximum atomic E-state index is 17.0. The van der Waals surface area contributed by atoms with E-state index in [4.69, 9.17) is 26.4 Å². The molecule has 13 heteroatoms. The third kappa shape index (κ3) is 5.13. The van der Waals surface area contributed by atoms with Gasteiger partial charge in [0.25, 0.3) is 0 Å². The summed E-state index contributed by atoms with van der Waals surface area (Å²) in [6.45, 7) is 4.82. The predicted octanol–water partition coefficient (Wildman–Crippen LogP) is 5.76. The van der Waals surface area contributed by atoms with E-state index in [1.54, 1.807) is 46.3 Å². The molecule has 5 atom stereocenters. The molecule has 3 aliphatic heterocycles. The van der Waals surface area contributed by atoms with Crippen LogP contribution in [0.4, 0.5) is 10.2 Å². The average molecular weight is 654 g/mol. The van der Waals surface area contributed by atoms with Crippen molar-refractivity contribution in [2.24, 2.45) is 0 Å². The van der Waals surface area contributed by atoms with Crippen LogP contribution >= 0.6 is 11.6 Å². The second-order valence-corrected chi connectivity index (χ2v) is 12.9. The Labute approximate surface area is 276 Å². The highest BCUT2D eigenvalue weighted by atomic mass is 35.5. The van der Waals surface area contributed by atoms with E-state index in [1.807, 2.05) is 13.0 Å². The minimum Gasteiger partial charge on any atom is -0.472 e. The molecular formula is C34H33ClFN9O2. The predicted molar refractivity (Wildman–Crippen MR) is 175 cm³/mol. The first kappa shape index (κ1) is 30.9. The van der Waals surface area contributed by atoms with Crippen LogP contribution in [0.5, 0.6) is 5.88 Å². The number of likely N-dealkylation sites (N-methyl/N-ethyl adjacent to an activating group) is 1. The van der Waals surface area contributed by atoms with E-state index in [0.717, 1.165) is 24.9 Å². The third-order valence-corrected chi connectivity index (χ3v) is 10.1. The highest BCUT2D eigenvalue weighted by molar-refractivity contribution is 6.32. The normalized spacial score (nSPS) is 23.5. The quantitative estimate of drug-likeness (QED) is 0.247. The molecule has 47 heavy (non-hydrogen) atoms. The van der Waals surface area contributed by atoms with Crippen molar-refractivity contribution in [2.75, 3.05) is 25.0 Å². The van der Waals surface area contributed by atoms with Gasteiger partial charge in [-0.3, -0.25) is 19.3 Å². The van der Waals surface area contributed by atoms with Crippen molar-refractivity contribution < 1.29 is 13.9 Å². The first-order valence-electron chi connectivity index (χ1n) is 15.8. The summed E-state index contributed by atoms with van der Waals surface area (Å²) < 4.78 is 25.4. The fourth-order valence-corrected chi connectivity index (χ4v) is 7.74. The number of likely N-dealkylation sites (tertiary alicyclic amines) is 2. The topological polar surface area (TPSA) is 127 Å². The SMILES string of the molecule is CC(=O)N1CC[C@H](n2ncc3c(O[C@@H](C)[C@@H]4CCCN4C)nc4c(F)c(C5C=Cc6cccnc6N5C#N)c(Cl)cc4c32)C[C@H]1C#N. The molecule has 2 fully saturated rings. The Morgan fingerprint density at radius 3 is 2.79 bits per heavy atom. The number of benzene rings is 1. The number of hydrogen-bond donors (Lipinski definition) is 0. The molecule has 0 saturated carbocycles. The molecule has 0 spiro atoms. The lowest BCUT2D eigenvalue weighted by Crippen LogP contribution is -2.45. The average Bonchev–Trinajstić information content (AvgIpc) is 3.72. The number of carbonyl (C=O) groups is 1. The molecule has 3 aliphatic rings. The number of nitrogens with zero attached hydrogens (tertiary/aromatic N) is 9. The number of piperidine rings is 1. The Hall–Kier alpha value is -4.78. The maximum absolute atomic E-state index is 17.0. The minimum absolute atomic E-state index is 0.0386. The van der Waals surface area contributed by atoms with Crippen LogP contribution in [0.2, 0.25) is 5.02 Å². The van der Waals surface area contributed by atoms with E-state index in [-0.39, 0.29) is 46.1 Å². The van der Waals surface area contributed by atoms with Crippen molar-refractivity contribution in [3.63, 3.8) is 0 Å². The lowest BCUT2D eigenvalue weighted by molar-refractivity contribution is -0.131. The molecule has 0 radical (unpaired) electrons. The third-order valence-electron chi connectivity index (χ3n) is 9.80. The lowest BCUT2D eigenvalue weighted by atomic mass is 9.96. The minimum atomic E-state index is -0.857. The molecule has 0 bridgehead atoms. The molecule has 11 nitrogen and oxygen atoms in total. The van der Waals surface area contributed by atoms with Crippen LogP contribution in [0, 0.1) is 28.6 Å². The van der Waals surface area contributed by atoms with Gasteiger partial charge in [-0.15, -0.1) is 0 Å². The number of halogens is 2. The Morgan fingerprint density at radius 1 is 1.23 bits per heavy atom. The summed E-state index contributed by atoms with van der Waals surface area (Å²) in [5.41, 5.74) is 1.46. The second kappa shape index (κ2) is 12.1. The Balaban J connectivity index is 1.40. The smallest absolute Gasteiger partial charge is 0.225 e. The van der Waals surface area contributed by atoms with E-state index >= 15 is 4.39 Å². The number of pyridine rings is 2. The first-order chi connectivity index (χ1) is 22.7. The summed E-state index contributed by atoms with van der Waals surface area (Å²) in [4.78, 5) is 26.5. The van der Waals surface area contributed by atoms with Gasteiger partial charge in [-0.25, -0.2) is 14.4 Å². The van der Waals surface area contributed by atoms with Gasteiger partial charge in [0.2, 0.25) is 11.8 Å². The van der Waals surface area contributed by atoms with Crippen LogP contribution in [0.1, 0.15) is 62.7 Å². The molecule has 0 N–H and O–H groups in total. The van der Waals surface area contributed by atoms with Crippen molar-refractivity contribution in [2.45, 2.75) is 69.8 Å². The summed E-state index contributed by atoms with van der Waals surface area (Å²) >= 11 is 6.91. The fraction of sp³-hybridized carbons (Fsp3) is 0.412. The maximum Gasteiger partial charge on any atom is 0.225 e. The van der Waals surface area contributed by atoms with Gasteiger partial charge in [-0.2, -0.15) is 15.6 Å². The molecule has 7 rings (SSSR count). The highest BCUT2D eigenvalue weighted by Gasteiger charge is 2.36. The number of fused-ring (bicyclic) bond motifs is 4. The number of rotatable bonds is 5. The second-order valence-electron chi connectivity index (χ2n) is 12.5. The lowest BCUT2D eigenvalue weighted by Gasteiger charge is -2.35. The Morgan fingerprint density at radius 2 is 2.06 bits per heavy atom. The zero-order valence-corrected chi connectivity index (χ0v) is 27.0. The molecule has 1 unspecified atom stereocenters. The Bertz CT molecular complexity index is 2020. The van der Waals surface area contributed by atoms with Gasteiger partial charge >= 0.3 is 0 Å². The van der Waals surface area contributed by atoms with Gasteiger partial charge in [-0.1, -0.05) is 23.8 Å². The van der Waals surface area contributed by atoms with Crippen LogP contribution in [0.3, 0.4) is 0 Å². The standard InChI is InChI=1S/C34H33ClFN9O2/c1-19(27-7-5-12-42(27)3)47-34-25-17-40-45(22-10-13-43(20(2)46)23(14-22)16-37)32(25)24-15-26(35)29(30(36)31(24)41-34)28-9-8-21-6-4-11-39-33(21)44(28)18-38/h4,6,8-9,11,15,17,19,22-23,27-28H,5,7,10,12-14H2,1-3H3/t19-,22-,23-,27-,28?/m0/s1. The van der Waals surface area contributed by atoms with Crippen LogP contribution < -0.4 is 9.64 Å². The van der Waals surface area contributed by atoms with Crippen LogP contribution in [-0.4, -0.2) is 73.8 Å². The largest absolute Gasteiger partial charge is 0.472 e. The number of ether oxygens (including phenoxy) is 1. The van der Waals surface area contributed by atoms with Crippen LogP contribution in [0.25, 0.3) is 27.9 Å². The molecule has 4 aromatic rings. The number of aromatic nitrogens is 4. The van der Waals surface area contributed by atoms with E-state index in [1.165, 1.54) is 11.8 Å². The molecule has 240 valence electrons. The summed E-state index contributed by atoms with van der Waals surface area (Å²) in [7, 11) is 2.07. The molecular weight excluding hydrogens is 621 g/mol. The fourth-order valence-electron chi connectivity index (χ4n) is 7.44. The van der Waals surface area contributed by atoms with Gasteiger partial charge in [0.05, 0.1) is 35.3 Å². The van der Waals surface area contributed by atoms with Crippen molar-refractivity contribution >= 4 is 51.2 Å². The summed E-state index contributed by atoms with van der Waals surface area (Å²) in [6.07, 6.45) is 11.7. The number of anilines is 1. The van der Waals surface area contributed by atoms with Crippen molar-refractivity contribution in [1.29, 1.82) is 10.5 Å². The van der Waals surface area contributed by atoms with E-state index in [0.29, 0.717) is 41.5 Å². The van der Waals surface area contributed by atoms with E-state index < -0.39 is 17.9 Å². The van der Waals surface area contributed by atoms with E-state index in [9.17, 15) is 15.3 Å². The molecule has 6 heterocycles. The van der Waals surface area contributed by atoms with Gasteiger partial charge in [0.1, 0.15) is 23.5 Å². The van der Waals surface area contributed by atoms with E-state index in [2.05, 4.69) is 29.2 Å². The van der Waals surface area contributed by atoms with Crippen molar-refractivity contribution in [3.8, 4) is 18.1 Å². The molecule has 3 aromatic heterocycles. The number of hydrogen-bond acceptors (Lipinski definition) is 9. The molecule has 1 amide bonds. The highest BCUT2D eigenvalue weighted by Crippen LogP contribution is 2.44. The first-order valence-corrected chi connectivity index (χ1v) is 16.1. The summed E-state index contributed by atoms with van der Waals surface area (Å²) in [5.74, 6) is -0.172. The number of amides is 1.